The van der Waals surface area contributed by atoms with E-state index in [9.17, 15) is 14.4 Å². The maximum Gasteiger partial charge on any atom is 0.272 e. The molecule has 4 aromatic rings. The number of ether oxygens (including phenoxy) is 2. The van der Waals surface area contributed by atoms with Gasteiger partial charge in [0.1, 0.15) is 5.70 Å². The molecule has 2 amide bonds. The van der Waals surface area contributed by atoms with E-state index in [0.29, 0.717) is 33.9 Å². The van der Waals surface area contributed by atoms with Crippen LogP contribution in [0.5, 0.6) is 11.5 Å². The Labute approximate surface area is 230 Å². The fraction of sp³-hybridized carbons (Fsp3) is 0.0645. The van der Waals surface area contributed by atoms with Gasteiger partial charge in [-0.05, 0) is 72.1 Å². The molecule has 1 aromatic heterocycles. The van der Waals surface area contributed by atoms with Gasteiger partial charge in [0.05, 0.1) is 14.2 Å². The molecular weight excluding hydrogens is 512 g/mol. The van der Waals surface area contributed by atoms with Crippen LogP contribution >= 0.6 is 11.3 Å². The molecule has 0 spiro atoms. The Morgan fingerprint density at radius 2 is 1.56 bits per heavy atom. The molecule has 4 rings (SSSR count). The van der Waals surface area contributed by atoms with Crippen molar-refractivity contribution >= 4 is 46.8 Å². The first kappa shape index (κ1) is 27.1. The zero-order valence-electron chi connectivity index (χ0n) is 21.3. The fourth-order valence-corrected chi connectivity index (χ4v) is 4.34. The quantitative estimate of drug-likeness (QED) is 0.189. The summed E-state index contributed by atoms with van der Waals surface area (Å²) in [7, 11) is 3.09. The largest absolute Gasteiger partial charge is 0.493 e. The first-order chi connectivity index (χ1) is 19.0. The number of benzene rings is 3. The zero-order chi connectivity index (χ0) is 27.6. The van der Waals surface area contributed by atoms with Crippen molar-refractivity contribution < 1.29 is 23.9 Å². The third-order valence-corrected chi connectivity index (χ3v) is 6.45. The molecule has 0 fully saturated rings. The van der Waals surface area contributed by atoms with Crippen LogP contribution in [0.3, 0.4) is 0 Å². The highest BCUT2D eigenvalue weighted by molar-refractivity contribution is 7.10. The van der Waals surface area contributed by atoms with E-state index in [1.807, 2.05) is 35.7 Å². The van der Waals surface area contributed by atoms with Crippen LogP contribution in [0.4, 0.5) is 5.69 Å². The molecule has 0 aliphatic rings. The van der Waals surface area contributed by atoms with Gasteiger partial charge in [0.2, 0.25) is 0 Å². The van der Waals surface area contributed by atoms with Crippen LogP contribution in [-0.2, 0) is 4.79 Å². The van der Waals surface area contributed by atoms with Crippen molar-refractivity contribution in [2.75, 3.05) is 19.5 Å². The highest BCUT2D eigenvalue weighted by Crippen LogP contribution is 2.31. The Hall–Kier alpha value is -4.95. The Kier molecular flexibility index (Phi) is 9.05. The van der Waals surface area contributed by atoms with E-state index in [1.54, 1.807) is 73.9 Å². The predicted octanol–water partition coefficient (Wildman–Crippen LogP) is 6.07. The fourth-order valence-electron chi connectivity index (χ4n) is 3.68. The molecule has 0 aliphatic heterocycles. The second kappa shape index (κ2) is 13.0. The number of para-hydroxylation sites is 1. The van der Waals surface area contributed by atoms with Gasteiger partial charge < -0.3 is 20.1 Å². The number of anilines is 1. The minimum Gasteiger partial charge on any atom is -0.493 e. The second-order valence-electron chi connectivity index (χ2n) is 8.21. The van der Waals surface area contributed by atoms with E-state index in [2.05, 4.69) is 10.6 Å². The van der Waals surface area contributed by atoms with Crippen molar-refractivity contribution in [3.8, 4) is 11.5 Å². The van der Waals surface area contributed by atoms with Crippen LogP contribution in [0.15, 0.2) is 102 Å². The summed E-state index contributed by atoms with van der Waals surface area (Å²) in [5, 5.41) is 7.38. The molecule has 7 nitrogen and oxygen atoms in total. The van der Waals surface area contributed by atoms with E-state index < -0.39 is 11.8 Å². The Morgan fingerprint density at radius 1 is 0.795 bits per heavy atom. The molecule has 3 aromatic carbocycles. The molecule has 0 unspecified atom stereocenters. The van der Waals surface area contributed by atoms with Crippen LogP contribution in [0.25, 0.3) is 12.2 Å². The van der Waals surface area contributed by atoms with Gasteiger partial charge in [0.15, 0.2) is 17.3 Å². The maximum atomic E-state index is 13.1. The average Bonchev–Trinajstić information content (AvgIpc) is 3.49. The summed E-state index contributed by atoms with van der Waals surface area (Å²) < 4.78 is 10.7. The maximum absolute atomic E-state index is 13.1. The van der Waals surface area contributed by atoms with E-state index >= 15 is 0 Å². The van der Waals surface area contributed by atoms with Gasteiger partial charge in [-0.25, -0.2) is 0 Å². The van der Waals surface area contributed by atoms with Crippen LogP contribution in [0.2, 0.25) is 0 Å². The summed E-state index contributed by atoms with van der Waals surface area (Å²) in [6, 6.07) is 24.3. The Balaban J connectivity index is 1.46. The number of amides is 2. The van der Waals surface area contributed by atoms with Crippen LogP contribution < -0.4 is 20.1 Å². The molecule has 0 bridgehead atoms. The van der Waals surface area contributed by atoms with Gasteiger partial charge in [-0.1, -0.05) is 36.4 Å². The molecule has 0 radical (unpaired) electrons. The van der Waals surface area contributed by atoms with Gasteiger partial charge in [-0.2, -0.15) is 0 Å². The van der Waals surface area contributed by atoms with Gasteiger partial charge in [0.25, 0.3) is 11.8 Å². The Bertz CT molecular complexity index is 1510. The zero-order valence-corrected chi connectivity index (χ0v) is 22.2. The number of allylic oxidation sites excluding steroid dienone is 1. The van der Waals surface area contributed by atoms with Crippen LogP contribution in [-0.4, -0.2) is 31.8 Å². The number of ketones is 1. The van der Waals surface area contributed by atoms with E-state index in [0.717, 1.165) is 4.88 Å². The number of carbonyl (C=O) groups is 3. The summed E-state index contributed by atoms with van der Waals surface area (Å²) in [5.74, 6) is 0.00408. The molecule has 0 atom stereocenters. The van der Waals surface area contributed by atoms with Crippen molar-refractivity contribution in [1.82, 2.24) is 5.32 Å². The summed E-state index contributed by atoms with van der Waals surface area (Å²) in [6.45, 7) is 0. The SMILES string of the molecule is COc1cccc(/C=C/C(=O)c2ccc(NC(=O)/C(=C/c3cccs3)NC(=O)c3ccccc3)cc2)c1OC. The molecule has 0 aliphatic carbocycles. The lowest BCUT2D eigenvalue weighted by atomic mass is 10.1. The van der Waals surface area contributed by atoms with E-state index in [1.165, 1.54) is 24.5 Å². The van der Waals surface area contributed by atoms with Gasteiger partial charge in [-0.15, -0.1) is 11.3 Å². The standard InChI is InChI=1S/C31H26N2O5S/c1-37-28-12-6-10-22(29(28)38-2)15-18-27(34)21-13-16-24(17-14-21)32-31(36)26(20-25-11-7-19-39-25)33-30(35)23-8-4-3-5-9-23/h3-20H,1-2H3,(H,32,36)(H,33,35)/b18-15+,26-20-. The van der Waals surface area contributed by atoms with Crippen LogP contribution in [0, 0.1) is 0 Å². The first-order valence-corrected chi connectivity index (χ1v) is 12.8. The first-order valence-electron chi connectivity index (χ1n) is 11.9. The number of hydrogen-bond acceptors (Lipinski definition) is 6. The molecule has 2 N–H and O–H groups in total. The van der Waals surface area contributed by atoms with Gasteiger partial charge >= 0.3 is 0 Å². The van der Waals surface area contributed by atoms with E-state index in [-0.39, 0.29) is 11.5 Å². The molecule has 0 saturated carbocycles. The lowest BCUT2D eigenvalue weighted by molar-refractivity contribution is -0.113. The van der Waals surface area contributed by atoms with Crippen molar-refractivity contribution in [2.45, 2.75) is 0 Å². The van der Waals surface area contributed by atoms with Crippen molar-refractivity contribution in [3.63, 3.8) is 0 Å². The molecule has 0 saturated heterocycles. The highest BCUT2D eigenvalue weighted by atomic mass is 32.1. The van der Waals surface area contributed by atoms with Crippen molar-refractivity contribution in [3.05, 3.63) is 124 Å². The van der Waals surface area contributed by atoms with Gasteiger partial charge in [0, 0.05) is 27.3 Å². The summed E-state index contributed by atoms with van der Waals surface area (Å²) in [6.07, 6.45) is 4.73. The molecule has 39 heavy (non-hydrogen) atoms. The minimum atomic E-state index is -0.489. The topological polar surface area (TPSA) is 93.7 Å². The predicted molar refractivity (Wildman–Crippen MR) is 154 cm³/mol. The summed E-state index contributed by atoms with van der Waals surface area (Å²) >= 11 is 1.44. The summed E-state index contributed by atoms with van der Waals surface area (Å²) in [5.41, 5.74) is 2.15. The summed E-state index contributed by atoms with van der Waals surface area (Å²) in [4.78, 5) is 39.4. The lowest BCUT2D eigenvalue weighted by Crippen LogP contribution is -2.30. The molecule has 196 valence electrons. The Morgan fingerprint density at radius 3 is 2.23 bits per heavy atom. The second-order valence-corrected chi connectivity index (χ2v) is 9.18. The smallest absolute Gasteiger partial charge is 0.272 e. The monoisotopic (exact) mass is 538 g/mol. The third-order valence-electron chi connectivity index (χ3n) is 5.63. The van der Waals surface area contributed by atoms with Gasteiger partial charge in [-0.3, -0.25) is 14.4 Å². The lowest BCUT2D eigenvalue weighted by Gasteiger charge is -2.11. The normalized spacial score (nSPS) is 11.2. The van der Waals surface area contributed by atoms with Crippen molar-refractivity contribution in [2.24, 2.45) is 0 Å². The number of rotatable bonds is 10. The molecular formula is C31H26N2O5S. The average molecular weight is 539 g/mol. The van der Waals surface area contributed by atoms with E-state index in [4.69, 9.17) is 9.47 Å². The number of methoxy groups -OCH3 is 2. The van der Waals surface area contributed by atoms with Crippen LogP contribution in [0.1, 0.15) is 31.2 Å². The number of nitrogens with one attached hydrogen (secondary N) is 2. The highest BCUT2D eigenvalue weighted by Gasteiger charge is 2.16. The van der Waals surface area contributed by atoms with Crippen molar-refractivity contribution in [1.29, 1.82) is 0 Å². The molecule has 1 heterocycles. The number of thiophene rings is 1. The molecule has 8 heteroatoms. The number of hydrogen-bond donors (Lipinski definition) is 2. The number of carbonyl (C=O) groups excluding carboxylic acids is 3. The third kappa shape index (κ3) is 7.09. The minimum absolute atomic E-state index is 0.0987.